The first kappa shape index (κ1) is 18.2. The number of benzene rings is 2. The number of hydrogen-bond donors (Lipinski definition) is 2. The van der Waals surface area contributed by atoms with E-state index in [2.05, 4.69) is 26.7 Å². The lowest BCUT2D eigenvalue weighted by atomic mass is 10.1. The fraction of sp³-hybridized carbons (Fsp3) is 0.190. The van der Waals surface area contributed by atoms with Crippen molar-refractivity contribution >= 4 is 5.96 Å². The molecule has 0 aliphatic rings. The van der Waals surface area contributed by atoms with Crippen molar-refractivity contribution in [1.82, 2.24) is 15.6 Å². The second kappa shape index (κ2) is 9.20. The second-order valence-electron chi connectivity index (χ2n) is 5.87. The molecule has 2 N–H and O–H groups in total. The van der Waals surface area contributed by atoms with Gasteiger partial charge in [-0.3, -0.25) is 0 Å². The third-order valence-corrected chi connectivity index (χ3v) is 3.83. The fourth-order valence-corrected chi connectivity index (χ4v) is 2.53. The van der Waals surface area contributed by atoms with E-state index in [1.807, 2.05) is 55.5 Å². The molecule has 0 unspecified atom stereocenters. The van der Waals surface area contributed by atoms with Crippen LogP contribution in [0.25, 0.3) is 11.5 Å². The lowest BCUT2D eigenvalue weighted by Gasteiger charge is -2.10. The predicted molar refractivity (Wildman–Crippen MR) is 105 cm³/mol. The van der Waals surface area contributed by atoms with Crippen molar-refractivity contribution in [1.29, 1.82) is 5.26 Å². The van der Waals surface area contributed by atoms with E-state index >= 15 is 0 Å². The van der Waals surface area contributed by atoms with Crippen molar-refractivity contribution in [3.8, 4) is 17.5 Å². The molecule has 0 saturated carbocycles. The van der Waals surface area contributed by atoms with Gasteiger partial charge in [-0.1, -0.05) is 30.3 Å². The maximum Gasteiger partial charge on any atom is 0.226 e. The summed E-state index contributed by atoms with van der Waals surface area (Å²) in [7, 11) is 0. The van der Waals surface area contributed by atoms with Gasteiger partial charge in [0.25, 0.3) is 0 Å². The van der Waals surface area contributed by atoms with Gasteiger partial charge in [-0.25, -0.2) is 9.98 Å². The highest BCUT2D eigenvalue weighted by Crippen LogP contribution is 2.17. The van der Waals surface area contributed by atoms with Gasteiger partial charge in [0, 0.05) is 12.1 Å². The van der Waals surface area contributed by atoms with E-state index in [1.54, 1.807) is 12.3 Å². The zero-order valence-corrected chi connectivity index (χ0v) is 15.1. The van der Waals surface area contributed by atoms with Gasteiger partial charge in [0.1, 0.15) is 6.26 Å². The van der Waals surface area contributed by atoms with Crippen LogP contribution < -0.4 is 10.6 Å². The largest absolute Gasteiger partial charge is 0.444 e. The smallest absolute Gasteiger partial charge is 0.226 e. The summed E-state index contributed by atoms with van der Waals surface area (Å²) in [6.45, 7) is 3.74. The molecular formula is C21H21N5O. The molecule has 6 nitrogen and oxygen atoms in total. The molecule has 27 heavy (non-hydrogen) atoms. The summed E-state index contributed by atoms with van der Waals surface area (Å²) in [6, 6.07) is 19.4. The van der Waals surface area contributed by atoms with Crippen molar-refractivity contribution in [3.05, 3.63) is 77.7 Å². The van der Waals surface area contributed by atoms with Gasteiger partial charge < -0.3 is 15.1 Å². The summed E-state index contributed by atoms with van der Waals surface area (Å²) in [5, 5.41) is 15.4. The highest BCUT2D eigenvalue weighted by molar-refractivity contribution is 5.79. The van der Waals surface area contributed by atoms with Crippen LogP contribution in [0.5, 0.6) is 0 Å². The summed E-state index contributed by atoms with van der Waals surface area (Å²) in [5.74, 6) is 1.28. The summed E-state index contributed by atoms with van der Waals surface area (Å²) in [5.41, 5.74) is 3.36. The van der Waals surface area contributed by atoms with Gasteiger partial charge in [0.05, 0.1) is 30.4 Å². The molecule has 1 heterocycles. The number of aromatic nitrogens is 1. The Kier molecular flexibility index (Phi) is 6.21. The first-order valence-corrected chi connectivity index (χ1v) is 8.79. The SMILES string of the molecule is CCNC(=NCc1cccc(C#N)c1)NCc1coc(-c2ccccc2)n1. The quantitative estimate of drug-likeness (QED) is 0.520. The fourth-order valence-electron chi connectivity index (χ4n) is 2.53. The van der Waals surface area contributed by atoms with E-state index in [0.717, 1.165) is 23.4 Å². The summed E-state index contributed by atoms with van der Waals surface area (Å²) >= 11 is 0. The van der Waals surface area contributed by atoms with E-state index < -0.39 is 0 Å². The van der Waals surface area contributed by atoms with Gasteiger partial charge in [-0.05, 0) is 36.8 Å². The molecule has 0 bridgehead atoms. The topological polar surface area (TPSA) is 86.2 Å². The van der Waals surface area contributed by atoms with Crippen LogP contribution in [-0.2, 0) is 13.1 Å². The molecule has 0 radical (unpaired) electrons. The monoisotopic (exact) mass is 359 g/mol. The van der Waals surface area contributed by atoms with Crippen LogP contribution in [0.15, 0.2) is 70.3 Å². The Hall–Kier alpha value is -3.59. The number of rotatable bonds is 6. The van der Waals surface area contributed by atoms with E-state index in [4.69, 9.17) is 9.68 Å². The lowest BCUT2D eigenvalue weighted by molar-refractivity contribution is 0.572. The van der Waals surface area contributed by atoms with E-state index in [9.17, 15) is 0 Å². The minimum Gasteiger partial charge on any atom is -0.444 e. The molecule has 0 aliphatic heterocycles. The first-order valence-electron chi connectivity index (χ1n) is 8.79. The van der Waals surface area contributed by atoms with Crippen molar-refractivity contribution in [2.45, 2.75) is 20.0 Å². The van der Waals surface area contributed by atoms with Crippen LogP contribution in [0.2, 0.25) is 0 Å². The average Bonchev–Trinajstić information content (AvgIpc) is 3.20. The van der Waals surface area contributed by atoms with Crippen LogP contribution in [0.1, 0.15) is 23.7 Å². The Labute approximate surface area is 158 Å². The number of aliphatic imine (C=N–C) groups is 1. The van der Waals surface area contributed by atoms with Gasteiger partial charge in [-0.2, -0.15) is 5.26 Å². The van der Waals surface area contributed by atoms with Crippen molar-refractivity contribution in [2.75, 3.05) is 6.54 Å². The Morgan fingerprint density at radius 3 is 2.78 bits per heavy atom. The average molecular weight is 359 g/mol. The molecule has 0 fully saturated rings. The van der Waals surface area contributed by atoms with Crippen LogP contribution in [0.3, 0.4) is 0 Å². The number of nitrogens with zero attached hydrogens (tertiary/aromatic N) is 3. The van der Waals surface area contributed by atoms with Crippen LogP contribution in [0.4, 0.5) is 0 Å². The second-order valence-corrected chi connectivity index (χ2v) is 5.87. The maximum atomic E-state index is 8.99. The Bertz CT molecular complexity index is 940. The zero-order valence-electron chi connectivity index (χ0n) is 15.1. The molecule has 3 rings (SSSR count). The normalized spacial score (nSPS) is 11.0. The molecular weight excluding hydrogens is 338 g/mol. The van der Waals surface area contributed by atoms with Crippen LogP contribution in [-0.4, -0.2) is 17.5 Å². The Balaban J connectivity index is 1.63. The standard InChI is InChI=1S/C21H21N5O/c1-2-23-21(24-13-17-8-6-7-16(11-17)12-22)25-14-19-15-27-20(26-19)18-9-4-3-5-10-18/h3-11,15H,2,13-14H2,1H3,(H2,23,24,25). The van der Waals surface area contributed by atoms with Crippen LogP contribution in [0, 0.1) is 11.3 Å². The minimum atomic E-state index is 0.485. The molecule has 136 valence electrons. The molecule has 0 aliphatic carbocycles. The molecule has 0 atom stereocenters. The highest BCUT2D eigenvalue weighted by Gasteiger charge is 2.07. The lowest BCUT2D eigenvalue weighted by Crippen LogP contribution is -2.36. The zero-order chi connectivity index (χ0) is 18.9. The van der Waals surface area contributed by atoms with E-state index in [-0.39, 0.29) is 0 Å². The number of hydrogen-bond acceptors (Lipinski definition) is 4. The minimum absolute atomic E-state index is 0.485. The van der Waals surface area contributed by atoms with E-state index in [1.165, 1.54) is 0 Å². The Morgan fingerprint density at radius 1 is 1.15 bits per heavy atom. The Morgan fingerprint density at radius 2 is 2.00 bits per heavy atom. The molecule has 0 saturated heterocycles. The van der Waals surface area contributed by atoms with E-state index in [0.29, 0.717) is 30.5 Å². The number of guanidine groups is 1. The van der Waals surface area contributed by atoms with Gasteiger partial charge in [0.15, 0.2) is 5.96 Å². The first-order chi connectivity index (χ1) is 13.3. The molecule has 0 amide bonds. The van der Waals surface area contributed by atoms with Crippen molar-refractivity contribution in [2.24, 2.45) is 4.99 Å². The molecule has 1 aromatic heterocycles. The van der Waals surface area contributed by atoms with Crippen molar-refractivity contribution in [3.63, 3.8) is 0 Å². The van der Waals surface area contributed by atoms with Gasteiger partial charge in [0.2, 0.25) is 5.89 Å². The summed E-state index contributed by atoms with van der Waals surface area (Å²) < 4.78 is 5.56. The van der Waals surface area contributed by atoms with Crippen molar-refractivity contribution < 1.29 is 4.42 Å². The number of nitriles is 1. The van der Waals surface area contributed by atoms with Crippen LogP contribution >= 0.6 is 0 Å². The third kappa shape index (κ3) is 5.19. The molecule has 6 heteroatoms. The maximum absolute atomic E-state index is 8.99. The molecule has 0 spiro atoms. The molecule has 3 aromatic rings. The highest BCUT2D eigenvalue weighted by atomic mass is 16.3. The number of nitrogens with one attached hydrogen (secondary N) is 2. The van der Waals surface area contributed by atoms with Gasteiger partial charge in [-0.15, -0.1) is 0 Å². The summed E-state index contributed by atoms with van der Waals surface area (Å²) in [4.78, 5) is 9.07. The molecule has 2 aromatic carbocycles. The van der Waals surface area contributed by atoms with Gasteiger partial charge >= 0.3 is 0 Å². The summed E-state index contributed by atoms with van der Waals surface area (Å²) in [6.07, 6.45) is 1.65. The predicted octanol–water partition coefficient (Wildman–Crippen LogP) is 3.47. The number of oxazole rings is 1. The third-order valence-electron chi connectivity index (χ3n) is 3.83.